The summed E-state index contributed by atoms with van der Waals surface area (Å²) in [6.45, 7) is 0. The number of carbonyl (C=O) groups excluding carboxylic acids is 1. The van der Waals surface area contributed by atoms with Gasteiger partial charge < -0.3 is 4.52 Å². The maximum atomic E-state index is 12.0. The van der Waals surface area contributed by atoms with Gasteiger partial charge in [0.2, 0.25) is 11.7 Å². The molecule has 2 aromatic rings. The number of hydrogen-bond donors (Lipinski definition) is 0. The second kappa shape index (κ2) is 5.30. The lowest BCUT2D eigenvalue weighted by molar-refractivity contribution is -0.120. The van der Waals surface area contributed by atoms with Gasteiger partial charge in [0.05, 0.1) is 5.92 Å². The minimum absolute atomic E-state index is 0.221. The summed E-state index contributed by atoms with van der Waals surface area (Å²) in [5.41, 5.74) is 0.804. The Labute approximate surface area is 111 Å². The first-order valence-electron chi connectivity index (χ1n) is 6.61. The zero-order valence-corrected chi connectivity index (χ0v) is 10.6. The maximum absolute atomic E-state index is 12.0. The van der Waals surface area contributed by atoms with Gasteiger partial charge >= 0.3 is 0 Å². The second-order valence-corrected chi connectivity index (χ2v) is 4.82. The monoisotopic (exact) mass is 257 g/mol. The molecule has 0 radical (unpaired) electrons. The van der Waals surface area contributed by atoms with E-state index in [1.807, 2.05) is 12.1 Å². The van der Waals surface area contributed by atoms with Crippen LogP contribution in [0.5, 0.6) is 0 Å². The molecule has 1 aliphatic rings. The van der Waals surface area contributed by atoms with Crippen molar-refractivity contribution in [3.05, 3.63) is 30.4 Å². The molecule has 1 aliphatic carbocycles. The molecule has 98 valence electrons. The summed E-state index contributed by atoms with van der Waals surface area (Å²) in [7, 11) is 0. The van der Waals surface area contributed by atoms with E-state index in [2.05, 4.69) is 15.1 Å². The molecule has 0 N–H and O–H groups in total. The van der Waals surface area contributed by atoms with Gasteiger partial charge in [0.25, 0.3) is 0 Å². The second-order valence-electron chi connectivity index (χ2n) is 4.82. The van der Waals surface area contributed by atoms with Crippen molar-refractivity contribution >= 4 is 5.78 Å². The summed E-state index contributed by atoms with van der Waals surface area (Å²) >= 11 is 0. The lowest BCUT2D eigenvalue weighted by atomic mass is 9.99. The predicted molar refractivity (Wildman–Crippen MR) is 68.4 cm³/mol. The molecule has 1 fully saturated rings. The lowest BCUT2D eigenvalue weighted by Crippen LogP contribution is -2.10. The SMILES string of the molecule is O=C1CCCCCC1c1nc(-c2cccnc2)no1. The molecule has 0 spiro atoms. The Morgan fingerprint density at radius 2 is 2.21 bits per heavy atom. The highest BCUT2D eigenvalue weighted by molar-refractivity contribution is 5.85. The van der Waals surface area contributed by atoms with Crippen LogP contribution in [0.25, 0.3) is 11.4 Å². The molecule has 5 heteroatoms. The molecule has 2 aromatic heterocycles. The van der Waals surface area contributed by atoms with E-state index in [0.29, 0.717) is 18.1 Å². The Kier molecular flexibility index (Phi) is 3.35. The van der Waals surface area contributed by atoms with Crippen LogP contribution in [0.3, 0.4) is 0 Å². The van der Waals surface area contributed by atoms with Crippen LogP contribution in [-0.2, 0) is 4.79 Å². The van der Waals surface area contributed by atoms with Gasteiger partial charge in [-0.05, 0) is 25.0 Å². The summed E-state index contributed by atoms with van der Waals surface area (Å²) in [6, 6.07) is 3.69. The Balaban J connectivity index is 1.86. The van der Waals surface area contributed by atoms with Crippen LogP contribution in [0.2, 0.25) is 0 Å². The molecule has 3 rings (SSSR count). The van der Waals surface area contributed by atoms with E-state index < -0.39 is 0 Å². The van der Waals surface area contributed by atoms with Crippen LogP contribution in [-0.4, -0.2) is 20.9 Å². The van der Waals surface area contributed by atoms with Gasteiger partial charge in [-0.15, -0.1) is 0 Å². The summed E-state index contributed by atoms with van der Waals surface area (Å²) < 4.78 is 5.27. The largest absolute Gasteiger partial charge is 0.338 e. The van der Waals surface area contributed by atoms with Gasteiger partial charge in [0.15, 0.2) is 0 Å². The zero-order chi connectivity index (χ0) is 13.1. The quantitative estimate of drug-likeness (QED) is 0.774. The molecule has 0 aliphatic heterocycles. The highest BCUT2D eigenvalue weighted by Crippen LogP contribution is 2.29. The van der Waals surface area contributed by atoms with Crippen LogP contribution in [0.4, 0.5) is 0 Å². The standard InChI is InChI=1S/C14H15N3O2/c18-12-7-3-1-2-6-11(12)14-16-13(17-19-14)10-5-4-8-15-9-10/h4-5,8-9,11H,1-3,6-7H2. The van der Waals surface area contributed by atoms with Crippen molar-refractivity contribution in [3.63, 3.8) is 0 Å². The first-order valence-corrected chi connectivity index (χ1v) is 6.61. The van der Waals surface area contributed by atoms with E-state index in [-0.39, 0.29) is 11.7 Å². The van der Waals surface area contributed by atoms with Crippen LogP contribution >= 0.6 is 0 Å². The van der Waals surface area contributed by atoms with Crippen molar-refractivity contribution in [2.75, 3.05) is 0 Å². The van der Waals surface area contributed by atoms with Crippen molar-refractivity contribution in [1.82, 2.24) is 15.1 Å². The Morgan fingerprint density at radius 3 is 3.05 bits per heavy atom. The van der Waals surface area contributed by atoms with Crippen LogP contribution in [0.15, 0.2) is 29.0 Å². The smallest absolute Gasteiger partial charge is 0.237 e. The number of pyridine rings is 1. The third kappa shape index (κ3) is 2.54. The lowest BCUT2D eigenvalue weighted by Gasteiger charge is -2.06. The third-order valence-corrected chi connectivity index (χ3v) is 3.46. The van der Waals surface area contributed by atoms with E-state index in [9.17, 15) is 4.79 Å². The number of carbonyl (C=O) groups is 1. The predicted octanol–water partition coefficient (Wildman–Crippen LogP) is 2.75. The highest BCUT2D eigenvalue weighted by atomic mass is 16.5. The molecule has 0 bridgehead atoms. The van der Waals surface area contributed by atoms with E-state index in [4.69, 9.17) is 4.52 Å². The molecule has 1 saturated carbocycles. The molecule has 2 heterocycles. The first kappa shape index (κ1) is 12.0. The van der Waals surface area contributed by atoms with Gasteiger partial charge in [0.1, 0.15) is 5.78 Å². The van der Waals surface area contributed by atoms with E-state index in [1.54, 1.807) is 12.4 Å². The number of ketones is 1. The van der Waals surface area contributed by atoms with E-state index >= 15 is 0 Å². The normalized spacial score (nSPS) is 20.2. The van der Waals surface area contributed by atoms with Crippen molar-refractivity contribution in [3.8, 4) is 11.4 Å². The summed E-state index contributed by atoms with van der Waals surface area (Å²) in [6.07, 6.45) is 7.93. The van der Waals surface area contributed by atoms with Gasteiger partial charge in [-0.25, -0.2) is 0 Å². The molecular formula is C14H15N3O2. The Morgan fingerprint density at radius 1 is 1.26 bits per heavy atom. The van der Waals surface area contributed by atoms with Gasteiger partial charge in [-0.3, -0.25) is 9.78 Å². The van der Waals surface area contributed by atoms with Crippen molar-refractivity contribution < 1.29 is 9.32 Å². The topological polar surface area (TPSA) is 68.9 Å². The minimum atomic E-state index is -0.222. The maximum Gasteiger partial charge on any atom is 0.237 e. The summed E-state index contributed by atoms with van der Waals surface area (Å²) in [5, 5.41) is 3.95. The van der Waals surface area contributed by atoms with Crippen LogP contribution < -0.4 is 0 Å². The average Bonchev–Trinajstić information content (AvgIpc) is 2.83. The number of rotatable bonds is 2. The molecule has 19 heavy (non-hydrogen) atoms. The Hall–Kier alpha value is -2.04. The molecule has 5 nitrogen and oxygen atoms in total. The summed E-state index contributed by atoms with van der Waals surface area (Å²) in [5.74, 6) is 0.949. The number of aromatic nitrogens is 3. The first-order chi connectivity index (χ1) is 9.34. The highest BCUT2D eigenvalue weighted by Gasteiger charge is 2.27. The summed E-state index contributed by atoms with van der Waals surface area (Å²) in [4.78, 5) is 20.4. The number of nitrogens with zero attached hydrogens (tertiary/aromatic N) is 3. The van der Waals surface area contributed by atoms with Gasteiger partial charge in [0, 0.05) is 24.4 Å². The molecule has 1 atom stereocenters. The van der Waals surface area contributed by atoms with E-state index in [1.165, 1.54) is 0 Å². The number of hydrogen-bond acceptors (Lipinski definition) is 5. The van der Waals surface area contributed by atoms with Crippen LogP contribution in [0, 0.1) is 0 Å². The third-order valence-electron chi connectivity index (χ3n) is 3.46. The zero-order valence-electron chi connectivity index (χ0n) is 10.6. The fraction of sp³-hybridized carbons (Fsp3) is 0.429. The van der Waals surface area contributed by atoms with Crippen LogP contribution in [0.1, 0.15) is 43.9 Å². The van der Waals surface area contributed by atoms with Crippen molar-refractivity contribution in [1.29, 1.82) is 0 Å². The minimum Gasteiger partial charge on any atom is -0.338 e. The van der Waals surface area contributed by atoms with Crippen molar-refractivity contribution in [2.24, 2.45) is 0 Å². The van der Waals surface area contributed by atoms with Gasteiger partial charge in [-0.1, -0.05) is 18.0 Å². The molecule has 0 saturated heterocycles. The number of Topliss-reactive ketones (excluding diaryl/α,β-unsaturated/α-hetero) is 1. The Bertz CT molecular complexity index is 565. The molecule has 1 unspecified atom stereocenters. The molecular weight excluding hydrogens is 242 g/mol. The van der Waals surface area contributed by atoms with Crippen molar-refractivity contribution in [2.45, 2.75) is 38.0 Å². The average molecular weight is 257 g/mol. The van der Waals surface area contributed by atoms with Gasteiger partial charge in [-0.2, -0.15) is 4.98 Å². The fourth-order valence-corrected chi connectivity index (χ4v) is 2.41. The molecule has 0 aromatic carbocycles. The fourth-order valence-electron chi connectivity index (χ4n) is 2.41. The van der Waals surface area contributed by atoms with E-state index in [0.717, 1.165) is 31.2 Å². The molecule has 0 amide bonds.